The Kier molecular flexibility index (Phi) is 5.09. The molecule has 116 valence electrons. The molecule has 1 aliphatic rings. The summed E-state index contributed by atoms with van der Waals surface area (Å²) in [6, 6.07) is 6.67. The van der Waals surface area contributed by atoms with Crippen molar-refractivity contribution in [2.24, 2.45) is 0 Å². The SMILES string of the molecule is C=CC[N+]1(OS(=O)(=O)c2ccc(C)cc2)CCC(Cl)CC1. The van der Waals surface area contributed by atoms with E-state index in [9.17, 15) is 8.42 Å². The molecule has 1 aliphatic heterocycles. The summed E-state index contributed by atoms with van der Waals surface area (Å²) in [6.07, 6.45) is 3.16. The highest BCUT2D eigenvalue weighted by Gasteiger charge is 2.39. The predicted octanol–water partition coefficient (Wildman–Crippen LogP) is 3.02. The zero-order valence-electron chi connectivity index (χ0n) is 12.2. The number of nitrogens with zero attached hydrogens (tertiary/aromatic N) is 1. The smallest absolute Gasteiger partial charge is 0.189 e. The van der Waals surface area contributed by atoms with Crippen molar-refractivity contribution in [3.63, 3.8) is 0 Å². The minimum atomic E-state index is -3.79. The highest BCUT2D eigenvalue weighted by molar-refractivity contribution is 7.86. The van der Waals surface area contributed by atoms with Crippen LogP contribution in [0.3, 0.4) is 0 Å². The first-order valence-electron chi connectivity index (χ1n) is 7.01. The van der Waals surface area contributed by atoms with Crippen LogP contribution >= 0.6 is 11.6 Å². The number of piperidine rings is 1. The van der Waals surface area contributed by atoms with E-state index in [1.54, 1.807) is 30.3 Å². The zero-order chi connectivity index (χ0) is 15.5. The fourth-order valence-corrected chi connectivity index (χ4v) is 3.86. The van der Waals surface area contributed by atoms with Crippen LogP contribution in [-0.4, -0.2) is 38.1 Å². The molecule has 0 N–H and O–H groups in total. The predicted molar refractivity (Wildman–Crippen MR) is 83.4 cm³/mol. The number of hydroxylamine groups is 3. The van der Waals surface area contributed by atoms with Crippen molar-refractivity contribution in [2.45, 2.75) is 30.0 Å². The summed E-state index contributed by atoms with van der Waals surface area (Å²) >= 11 is 6.11. The molecule has 4 nitrogen and oxygen atoms in total. The molecule has 0 amide bonds. The molecule has 1 heterocycles. The molecular weight excluding hydrogens is 310 g/mol. The number of aryl methyl sites for hydroxylation is 1. The Labute approximate surface area is 131 Å². The average molecular weight is 331 g/mol. The topological polar surface area (TPSA) is 43.4 Å². The van der Waals surface area contributed by atoms with Crippen molar-refractivity contribution in [1.82, 2.24) is 0 Å². The first-order chi connectivity index (χ1) is 9.87. The van der Waals surface area contributed by atoms with Crippen LogP contribution in [0.15, 0.2) is 41.8 Å². The lowest BCUT2D eigenvalue weighted by molar-refractivity contribution is -1.08. The van der Waals surface area contributed by atoms with Gasteiger partial charge in [-0.2, -0.15) is 13.1 Å². The molecule has 0 radical (unpaired) electrons. The Bertz CT molecular complexity index is 590. The number of rotatable bonds is 5. The molecule has 0 saturated carbocycles. The lowest BCUT2D eigenvalue weighted by atomic mass is 10.1. The van der Waals surface area contributed by atoms with E-state index in [0.29, 0.717) is 19.6 Å². The molecule has 0 spiro atoms. The van der Waals surface area contributed by atoms with Crippen molar-refractivity contribution in [1.29, 1.82) is 0 Å². The van der Waals surface area contributed by atoms with Gasteiger partial charge in [-0.1, -0.05) is 28.6 Å². The van der Waals surface area contributed by atoms with Crippen LogP contribution in [0.25, 0.3) is 0 Å². The number of halogens is 1. The molecule has 0 aliphatic carbocycles. The normalized spacial score (nSPS) is 26.5. The Morgan fingerprint density at radius 1 is 1.33 bits per heavy atom. The Morgan fingerprint density at radius 3 is 2.43 bits per heavy atom. The maximum atomic E-state index is 12.5. The molecule has 1 saturated heterocycles. The third-order valence-electron chi connectivity index (χ3n) is 3.73. The molecule has 0 bridgehead atoms. The Balaban J connectivity index is 2.23. The Hall–Kier alpha value is -0.880. The summed E-state index contributed by atoms with van der Waals surface area (Å²) in [4.78, 5) is 0.183. The third-order valence-corrected chi connectivity index (χ3v) is 5.53. The number of likely N-dealkylation sites (tertiary alicyclic amines) is 1. The highest BCUT2D eigenvalue weighted by atomic mass is 35.5. The van der Waals surface area contributed by atoms with Crippen LogP contribution in [0.1, 0.15) is 18.4 Å². The van der Waals surface area contributed by atoms with E-state index in [1.807, 2.05) is 6.92 Å². The highest BCUT2D eigenvalue weighted by Crippen LogP contribution is 2.27. The molecule has 0 unspecified atom stereocenters. The molecule has 6 heteroatoms. The second-order valence-electron chi connectivity index (χ2n) is 5.49. The van der Waals surface area contributed by atoms with E-state index >= 15 is 0 Å². The summed E-state index contributed by atoms with van der Waals surface area (Å²) in [6.45, 7) is 7.22. The van der Waals surface area contributed by atoms with Gasteiger partial charge in [0.05, 0.1) is 4.90 Å². The summed E-state index contributed by atoms with van der Waals surface area (Å²) in [5.41, 5.74) is 1.01. The minimum Gasteiger partial charge on any atom is -0.189 e. The van der Waals surface area contributed by atoms with E-state index in [4.69, 9.17) is 15.9 Å². The van der Waals surface area contributed by atoms with Crippen molar-refractivity contribution >= 4 is 21.7 Å². The van der Waals surface area contributed by atoms with Crippen LogP contribution < -0.4 is 0 Å². The van der Waals surface area contributed by atoms with Gasteiger partial charge in [0.2, 0.25) is 0 Å². The van der Waals surface area contributed by atoms with Gasteiger partial charge in [-0.25, -0.2) is 0 Å². The molecular formula is C15H21ClNO3S+. The van der Waals surface area contributed by atoms with E-state index in [-0.39, 0.29) is 14.9 Å². The molecule has 1 fully saturated rings. The number of hydrogen-bond donors (Lipinski definition) is 0. The van der Waals surface area contributed by atoms with Gasteiger partial charge in [-0.05, 0) is 25.1 Å². The van der Waals surface area contributed by atoms with Crippen LogP contribution in [0.2, 0.25) is 0 Å². The molecule has 21 heavy (non-hydrogen) atoms. The third kappa shape index (κ3) is 4.07. The van der Waals surface area contributed by atoms with Crippen LogP contribution in [0, 0.1) is 6.92 Å². The van der Waals surface area contributed by atoms with Crippen molar-refractivity contribution < 1.29 is 17.3 Å². The lowest BCUT2D eigenvalue weighted by Crippen LogP contribution is -2.54. The van der Waals surface area contributed by atoms with Crippen molar-refractivity contribution in [3.05, 3.63) is 42.5 Å². The molecule has 2 rings (SSSR count). The molecule has 0 aromatic heterocycles. The van der Waals surface area contributed by atoms with Gasteiger partial charge in [0.25, 0.3) is 0 Å². The summed E-state index contributed by atoms with van der Waals surface area (Å²) in [5, 5.41) is 0.0896. The Morgan fingerprint density at radius 2 is 1.90 bits per heavy atom. The van der Waals surface area contributed by atoms with Crippen molar-refractivity contribution in [2.75, 3.05) is 19.6 Å². The minimum absolute atomic E-state index is 0.0446. The van der Waals surface area contributed by atoms with Crippen LogP contribution in [0.5, 0.6) is 0 Å². The fraction of sp³-hybridized carbons (Fsp3) is 0.467. The molecule has 0 atom stereocenters. The molecule has 1 aromatic rings. The monoisotopic (exact) mass is 330 g/mol. The van der Waals surface area contributed by atoms with Gasteiger partial charge < -0.3 is 0 Å². The van der Waals surface area contributed by atoms with Gasteiger partial charge in [-0.15, -0.1) is 11.6 Å². The maximum absolute atomic E-state index is 12.5. The second kappa shape index (κ2) is 6.48. The quantitative estimate of drug-likeness (QED) is 0.473. The van der Waals surface area contributed by atoms with Gasteiger partial charge in [0.15, 0.2) is 0 Å². The zero-order valence-corrected chi connectivity index (χ0v) is 13.7. The second-order valence-corrected chi connectivity index (χ2v) is 7.64. The largest absolute Gasteiger partial charge is 0.342 e. The van der Waals surface area contributed by atoms with E-state index in [0.717, 1.165) is 18.4 Å². The summed E-state index contributed by atoms with van der Waals surface area (Å²) in [5.74, 6) is 0. The van der Waals surface area contributed by atoms with E-state index in [1.165, 1.54) is 0 Å². The summed E-state index contributed by atoms with van der Waals surface area (Å²) in [7, 11) is -3.79. The number of benzene rings is 1. The first kappa shape index (κ1) is 16.5. The van der Waals surface area contributed by atoms with Gasteiger partial charge in [-0.3, -0.25) is 0 Å². The average Bonchev–Trinajstić information content (AvgIpc) is 2.43. The van der Waals surface area contributed by atoms with Crippen LogP contribution in [-0.2, 0) is 14.4 Å². The lowest BCUT2D eigenvalue weighted by Gasteiger charge is -2.37. The molecule has 1 aromatic carbocycles. The number of quaternary nitrogens is 1. The van der Waals surface area contributed by atoms with E-state index < -0.39 is 10.1 Å². The van der Waals surface area contributed by atoms with Gasteiger partial charge in [0.1, 0.15) is 19.6 Å². The fourth-order valence-electron chi connectivity index (χ4n) is 2.49. The standard InChI is InChI=1S/C15H21ClNO3S/c1-3-10-17(11-8-14(16)9-12-17)20-21(18,19)15-6-4-13(2)5-7-15/h3-7,14H,1,8-12H2,2H3/q+1. The van der Waals surface area contributed by atoms with Crippen LogP contribution in [0.4, 0.5) is 0 Å². The number of hydrogen-bond acceptors (Lipinski definition) is 3. The summed E-state index contributed by atoms with van der Waals surface area (Å²) < 4.78 is 30.5. The maximum Gasteiger partial charge on any atom is 0.342 e. The van der Waals surface area contributed by atoms with Gasteiger partial charge >= 0.3 is 10.1 Å². The first-order valence-corrected chi connectivity index (χ1v) is 8.85. The number of alkyl halides is 1. The van der Waals surface area contributed by atoms with Gasteiger partial charge in [0, 0.05) is 18.2 Å². The van der Waals surface area contributed by atoms with E-state index in [2.05, 4.69) is 6.58 Å². The van der Waals surface area contributed by atoms with Crippen molar-refractivity contribution in [3.8, 4) is 0 Å².